The van der Waals surface area contributed by atoms with Crippen molar-refractivity contribution in [3.63, 3.8) is 0 Å². The van der Waals surface area contributed by atoms with Gasteiger partial charge >= 0.3 is 0 Å². The topological polar surface area (TPSA) is 76.7 Å². The van der Waals surface area contributed by atoms with E-state index in [1.165, 1.54) is 0 Å². The number of amides is 2. The lowest BCUT2D eigenvalue weighted by atomic mass is 10.1. The van der Waals surface area contributed by atoms with Crippen molar-refractivity contribution in [3.8, 4) is 11.5 Å². The van der Waals surface area contributed by atoms with Gasteiger partial charge < -0.3 is 9.47 Å². The number of rotatable bonds is 6. The maximum Gasteiger partial charge on any atom is 0.279 e. The van der Waals surface area contributed by atoms with E-state index in [1.54, 1.807) is 13.0 Å². The van der Waals surface area contributed by atoms with Crippen LogP contribution in [0.25, 0.3) is 10.8 Å². The summed E-state index contributed by atoms with van der Waals surface area (Å²) >= 11 is 0. The molecule has 6 nitrogen and oxygen atoms in total. The molecule has 0 unspecified atom stereocenters. The van der Waals surface area contributed by atoms with E-state index in [0.717, 1.165) is 21.9 Å². The van der Waals surface area contributed by atoms with Crippen molar-refractivity contribution in [2.24, 2.45) is 0 Å². The molecule has 0 aliphatic heterocycles. The summed E-state index contributed by atoms with van der Waals surface area (Å²) in [6.45, 7) is 5.31. The second-order valence-electron chi connectivity index (χ2n) is 6.79. The third-order valence-corrected chi connectivity index (χ3v) is 4.64. The van der Waals surface area contributed by atoms with Gasteiger partial charge in [0.2, 0.25) is 0 Å². The third-order valence-electron chi connectivity index (χ3n) is 4.64. The monoisotopic (exact) mass is 392 g/mol. The molecular weight excluding hydrogens is 368 g/mol. The largest absolute Gasteiger partial charge is 0.484 e. The predicted octanol–water partition coefficient (Wildman–Crippen LogP) is 3.45. The summed E-state index contributed by atoms with van der Waals surface area (Å²) in [6.07, 6.45) is -0.766. The number of nitrogens with one attached hydrogen (secondary N) is 2. The van der Waals surface area contributed by atoms with Gasteiger partial charge in [-0.1, -0.05) is 42.5 Å². The summed E-state index contributed by atoms with van der Waals surface area (Å²) in [7, 11) is 0. The number of carbonyl (C=O) groups is 2. The van der Waals surface area contributed by atoms with Crippen LogP contribution in [0.4, 0.5) is 0 Å². The van der Waals surface area contributed by atoms with Crippen molar-refractivity contribution in [2.45, 2.75) is 26.9 Å². The van der Waals surface area contributed by atoms with Crippen LogP contribution in [0.15, 0.2) is 60.7 Å². The number of carbonyl (C=O) groups excluding carboxylic acids is 2. The van der Waals surface area contributed by atoms with Crippen LogP contribution in [0.3, 0.4) is 0 Å². The van der Waals surface area contributed by atoms with Crippen molar-refractivity contribution < 1.29 is 19.1 Å². The lowest BCUT2D eigenvalue weighted by molar-refractivity contribution is -0.133. The fourth-order valence-electron chi connectivity index (χ4n) is 2.77. The molecule has 0 fully saturated rings. The van der Waals surface area contributed by atoms with Gasteiger partial charge in [0.1, 0.15) is 11.5 Å². The van der Waals surface area contributed by atoms with Crippen LogP contribution in [0, 0.1) is 13.8 Å². The summed E-state index contributed by atoms with van der Waals surface area (Å²) in [5.41, 5.74) is 6.75. The van der Waals surface area contributed by atoms with Crippen molar-refractivity contribution in [1.82, 2.24) is 10.9 Å². The Labute approximate surface area is 169 Å². The Kier molecular flexibility index (Phi) is 6.34. The summed E-state index contributed by atoms with van der Waals surface area (Å²) in [5.74, 6) is 0.297. The summed E-state index contributed by atoms with van der Waals surface area (Å²) < 4.78 is 11.2. The molecule has 0 radical (unpaired) electrons. The highest BCUT2D eigenvalue weighted by Gasteiger charge is 2.17. The molecule has 2 amide bonds. The summed E-state index contributed by atoms with van der Waals surface area (Å²) in [4.78, 5) is 24.1. The highest BCUT2D eigenvalue weighted by atomic mass is 16.5. The number of benzene rings is 3. The molecule has 6 heteroatoms. The van der Waals surface area contributed by atoms with Gasteiger partial charge in [0, 0.05) is 0 Å². The second kappa shape index (κ2) is 9.10. The minimum Gasteiger partial charge on any atom is -0.484 e. The first-order chi connectivity index (χ1) is 13.9. The molecule has 3 aromatic rings. The third kappa shape index (κ3) is 5.25. The van der Waals surface area contributed by atoms with Gasteiger partial charge in [0.15, 0.2) is 12.7 Å². The molecule has 3 rings (SSSR count). The van der Waals surface area contributed by atoms with Gasteiger partial charge in [0.05, 0.1) is 0 Å². The minimum absolute atomic E-state index is 0.217. The standard InChI is InChI=1S/C23H24N2O4/c1-15-7-6-10-21(16(15)2)29-17(3)23(27)25-24-22(26)14-28-20-12-11-18-8-4-5-9-19(18)13-20/h4-13,17H,14H2,1-3H3,(H,24,26)(H,25,27)/t17-/m0/s1. The van der Waals surface area contributed by atoms with Crippen molar-refractivity contribution in [1.29, 1.82) is 0 Å². The average molecular weight is 392 g/mol. The van der Waals surface area contributed by atoms with Crippen molar-refractivity contribution in [2.75, 3.05) is 6.61 Å². The summed E-state index contributed by atoms with van der Waals surface area (Å²) in [5, 5.41) is 2.12. The lowest BCUT2D eigenvalue weighted by Crippen LogP contribution is -2.48. The number of hydrogen-bond donors (Lipinski definition) is 2. The van der Waals surface area contributed by atoms with Crippen LogP contribution in [0.2, 0.25) is 0 Å². The van der Waals surface area contributed by atoms with E-state index in [2.05, 4.69) is 10.9 Å². The molecule has 0 saturated heterocycles. The van der Waals surface area contributed by atoms with Gasteiger partial charge in [-0.05, 0) is 60.9 Å². The minimum atomic E-state index is -0.766. The highest BCUT2D eigenvalue weighted by molar-refractivity contribution is 5.86. The van der Waals surface area contributed by atoms with Crippen LogP contribution in [0.1, 0.15) is 18.1 Å². The Bertz CT molecular complexity index is 1030. The molecule has 0 saturated carbocycles. The van der Waals surface area contributed by atoms with E-state index in [9.17, 15) is 9.59 Å². The van der Waals surface area contributed by atoms with Crippen molar-refractivity contribution in [3.05, 3.63) is 71.8 Å². The average Bonchev–Trinajstić information content (AvgIpc) is 2.73. The molecule has 0 aliphatic carbocycles. The van der Waals surface area contributed by atoms with Gasteiger partial charge in [0.25, 0.3) is 11.8 Å². The molecule has 0 heterocycles. The zero-order valence-electron chi connectivity index (χ0n) is 16.7. The first-order valence-electron chi connectivity index (χ1n) is 9.37. The Morgan fingerprint density at radius 1 is 0.931 bits per heavy atom. The zero-order chi connectivity index (χ0) is 20.8. The fourth-order valence-corrected chi connectivity index (χ4v) is 2.77. The van der Waals surface area contributed by atoms with E-state index in [4.69, 9.17) is 9.47 Å². The Balaban J connectivity index is 1.46. The van der Waals surface area contributed by atoms with E-state index >= 15 is 0 Å². The van der Waals surface area contributed by atoms with Crippen LogP contribution in [-0.4, -0.2) is 24.5 Å². The molecule has 2 N–H and O–H groups in total. The van der Waals surface area contributed by atoms with Crippen LogP contribution >= 0.6 is 0 Å². The van der Waals surface area contributed by atoms with E-state index in [-0.39, 0.29) is 6.61 Å². The molecule has 1 atom stereocenters. The van der Waals surface area contributed by atoms with Crippen LogP contribution in [0.5, 0.6) is 11.5 Å². The number of aryl methyl sites for hydroxylation is 1. The molecule has 0 spiro atoms. The smallest absolute Gasteiger partial charge is 0.279 e. The molecule has 0 bridgehead atoms. The second-order valence-corrected chi connectivity index (χ2v) is 6.79. The van der Waals surface area contributed by atoms with Crippen LogP contribution < -0.4 is 20.3 Å². The van der Waals surface area contributed by atoms with Gasteiger partial charge in [-0.3, -0.25) is 20.4 Å². The SMILES string of the molecule is Cc1cccc(O[C@@H](C)C(=O)NNC(=O)COc2ccc3ccccc3c2)c1C. The first-order valence-corrected chi connectivity index (χ1v) is 9.37. The zero-order valence-corrected chi connectivity index (χ0v) is 16.7. The maximum absolute atomic E-state index is 12.2. The first kappa shape index (κ1) is 20.2. The van der Waals surface area contributed by atoms with Gasteiger partial charge in [-0.2, -0.15) is 0 Å². The maximum atomic E-state index is 12.2. The van der Waals surface area contributed by atoms with Gasteiger partial charge in [-0.15, -0.1) is 0 Å². The van der Waals surface area contributed by atoms with Crippen molar-refractivity contribution >= 4 is 22.6 Å². The molecule has 3 aromatic carbocycles. The van der Waals surface area contributed by atoms with E-state index < -0.39 is 17.9 Å². The summed E-state index contributed by atoms with van der Waals surface area (Å²) in [6, 6.07) is 19.1. The fraction of sp³-hybridized carbons (Fsp3) is 0.217. The quantitative estimate of drug-likeness (QED) is 0.630. The number of hydrogen-bond acceptors (Lipinski definition) is 4. The predicted molar refractivity (Wildman–Crippen MR) is 112 cm³/mol. The normalized spacial score (nSPS) is 11.6. The molecule has 150 valence electrons. The number of hydrazine groups is 1. The van der Waals surface area contributed by atoms with E-state index in [0.29, 0.717) is 11.5 Å². The Morgan fingerprint density at radius 2 is 1.69 bits per heavy atom. The molecule has 29 heavy (non-hydrogen) atoms. The lowest BCUT2D eigenvalue weighted by Gasteiger charge is -2.17. The van der Waals surface area contributed by atoms with Crippen LogP contribution in [-0.2, 0) is 9.59 Å². The molecule has 0 aromatic heterocycles. The molecular formula is C23H24N2O4. The number of fused-ring (bicyclic) bond motifs is 1. The van der Waals surface area contributed by atoms with Gasteiger partial charge in [-0.25, -0.2) is 0 Å². The number of ether oxygens (including phenoxy) is 2. The highest BCUT2D eigenvalue weighted by Crippen LogP contribution is 2.22. The Morgan fingerprint density at radius 3 is 2.48 bits per heavy atom. The van der Waals surface area contributed by atoms with E-state index in [1.807, 2.05) is 68.4 Å². The Hall–Kier alpha value is -3.54. The molecule has 0 aliphatic rings.